The Hall–Kier alpha value is -1.22. The van der Waals surface area contributed by atoms with Crippen LogP contribution < -0.4 is 4.74 Å². The quantitative estimate of drug-likeness (QED) is 0.776. The first-order valence-corrected chi connectivity index (χ1v) is 5.84. The molecule has 0 bridgehead atoms. The highest BCUT2D eigenvalue weighted by Gasteiger charge is 2.25. The first-order valence-electron chi connectivity index (χ1n) is 5.46. The van der Waals surface area contributed by atoms with Crippen LogP contribution in [0.1, 0.15) is 19.4 Å². The van der Waals surface area contributed by atoms with E-state index >= 15 is 0 Å². The lowest BCUT2D eigenvalue weighted by atomic mass is 10.1. The second kappa shape index (κ2) is 5.92. The number of esters is 1. The Kier molecular flexibility index (Phi) is 4.82. The molecule has 4 heteroatoms. The molecule has 1 rings (SSSR count). The predicted octanol–water partition coefficient (Wildman–Crippen LogP) is 3.22. The lowest BCUT2D eigenvalue weighted by Gasteiger charge is -2.20. The Morgan fingerprint density at radius 2 is 2.00 bits per heavy atom. The first-order chi connectivity index (χ1) is 7.95. The molecule has 1 atom stereocenters. The van der Waals surface area contributed by atoms with Gasteiger partial charge in [0.1, 0.15) is 5.75 Å². The summed E-state index contributed by atoms with van der Waals surface area (Å²) in [6.45, 7) is 5.72. The summed E-state index contributed by atoms with van der Waals surface area (Å²) in [5.41, 5.74) is 1.02. The third-order valence-corrected chi connectivity index (χ3v) is 2.69. The number of carbonyl (C=O) groups is 1. The van der Waals surface area contributed by atoms with Crippen LogP contribution in [0.25, 0.3) is 0 Å². The van der Waals surface area contributed by atoms with Crippen LogP contribution in [0.5, 0.6) is 5.75 Å². The van der Waals surface area contributed by atoms with E-state index in [2.05, 4.69) is 0 Å². The fraction of sp³-hybridized carbons (Fsp3) is 0.462. The van der Waals surface area contributed by atoms with Crippen LogP contribution in [0.2, 0.25) is 5.02 Å². The number of aryl methyl sites for hydroxylation is 1. The first kappa shape index (κ1) is 13.8. The molecule has 0 aromatic heterocycles. The number of ether oxygens (including phenoxy) is 2. The molecule has 0 radical (unpaired) electrons. The van der Waals surface area contributed by atoms with Crippen molar-refractivity contribution in [2.24, 2.45) is 5.92 Å². The molecular weight excluding hydrogens is 240 g/mol. The molecule has 0 aliphatic rings. The summed E-state index contributed by atoms with van der Waals surface area (Å²) in [7, 11) is 1.35. The molecular formula is C13H17ClO3. The van der Waals surface area contributed by atoms with Gasteiger partial charge in [0.2, 0.25) is 0 Å². The van der Waals surface area contributed by atoms with Crippen LogP contribution in [-0.4, -0.2) is 19.2 Å². The SMILES string of the molecule is COC(=O)[C@H](Oc1cc(C)ccc1Cl)C(C)C. The minimum atomic E-state index is -0.640. The van der Waals surface area contributed by atoms with Crippen molar-refractivity contribution in [3.8, 4) is 5.75 Å². The molecule has 0 unspecified atom stereocenters. The molecule has 0 saturated carbocycles. The monoisotopic (exact) mass is 256 g/mol. The molecule has 1 aromatic carbocycles. The van der Waals surface area contributed by atoms with Crippen LogP contribution >= 0.6 is 11.6 Å². The summed E-state index contributed by atoms with van der Waals surface area (Å²) < 4.78 is 10.3. The van der Waals surface area contributed by atoms with E-state index in [1.54, 1.807) is 12.1 Å². The third-order valence-electron chi connectivity index (χ3n) is 2.38. The molecule has 0 heterocycles. The van der Waals surface area contributed by atoms with Crippen LogP contribution in [0, 0.1) is 12.8 Å². The molecule has 0 fully saturated rings. The van der Waals surface area contributed by atoms with Gasteiger partial charge in [0.05, 0.1) is 12.1 Å². The van der Waals surface area contributed by atoms with Gasteiger partial charge < -0.3 is 9.47 Å². The van der Waals surface area contributed by atoms with E-state index in [1.807, 2.05) is 26.8 Å². The van der Waals surface area contributed by atoms with E-state index in [0.29, 0.717) is 10.8 Å². The Balaban J connectivity index is 2.93. The second-order valence-electron chi connectivity index (χ2n) is 4.24. The van der Waals surface area contributed by atoms with E-state index in [4.69, 9.17) is 21.1 Å². The highest BCUT2D eigenvalue weighted by Crippen LogP contribution is 2.27. The molecule has 3 nitrogen and oxygen atoms in total. The molecule has 0 aliphatic carbocycles. The lowest BCUT2D eigenvalue weighted by molar-refractivity contribution is -0.150. The number of methoxy groups -OCH3 is 1. The van der Waals surface area contributed by atoms with Crippen molar-refractivity contribution < 1.29 is 14.3 Å². The fourth-order valence-electron chi connectivity index (χ4n) is 1.41. The van der Waals surface area contributed by atoms with Gasteiger partial charge in [0.15, 0.2) is 6.10 Å². The number of hydrogen-bond donors (Lipinski definition) is 0. The van der Waals surface area contributed by atoms with Crippen molar-refractivity contribution in [3.05, 3.63) is 28.8 Å². The zero-order chi connectivity index (χ0) is 13.0. The van der Waals surface area contributed by atoms with Gasteiger partial charge in [-0.3, -0.25) is 0 Å². The number of carbonyl (C=O) groups excluding carboxylic acids is 1. The Labute approximate surface area is 107 Å². The van der Waals surface area contributed by atoms with Crippen molar-refractivity contribution >= 4 is 17.6 Å². The van der Waals surface area contributed by atoms with E-state index < -0.39 is 12.1 Å². The molecule has 0 amide bonds. The van der Waals surface area contributed by atoms with Crippen molar-refractivity contribution in [3.63, 3.8) is 0 Å². The van der Waals surface area contributed by atoms with Crippen LogP contribution in [0.4, 0.5) is 0 Å². The van der Waals surface area contributed by atoms with Gasteiger partial charge in [-0.1, -0.05) is 31.5 Å². The normalized spacial score (nSPS) is 12.4. The average molecular weight is 257 g/mol. The molecule has 1 aromatic rings. The Morgan fingerprint density at radius 3 is 2.53 bits per heavy atom. The molecule has 0 N–H and O–H groups in total. The van der Waals surface area contributed by atoms with Gasteiger partial charge in [0.25, 0.3) is 0 Å². The largest absolute Gasteiger partial charge is 0.477 e. The fourth-order valence-corrected chi connectivity index (χ4v) is 1.57. The summed E-state index contributed by atoms with van der Waals surface area (Å²) in [6, 6.07) is 5.44. The maximum absolute atomic E-state index is 11.6. The van der Waals surface area contributed by atoms with Crippen molar-refractivity contribution in [2.45, 2.75) is 26.9 Å². The van der Waals surface area contributed by atoms with E-state index in [1.165, 1.54) is 7.11 Å². The summed E-state index contributed by atoms with van der Waals surface area (Å²) >= 11 is 6.02. The second-order valence-corrected chi connectivity index (χ2v) is 4.65. The molecule has 0 spiro atoms. The molecule has 94 valence electrons. The highest BCUT2D eigenvalue weighted by molar-refractivity contribution is 6.32. The van der Waals surface area contributed by atoms with Crippen molar-refractivity contribution in [1.29, 1.82) is 0 Å². The van der Waals surface area contributed by atoms with Gasteiger partial charge in [-0.25, -0.2) is 4.79 Å². The van der Waals surface area contributed by atoms with Gasteiger partial charge in [-0.15, -0.1) is 0 Å². The van der Waals surface area contributed by atoms with Crippen LogP contribution in [0.15, 0.2) is 18.2 Å². The third kappa shape index (κ3) is 3.63. The number of rotatable bonds is 4. The van der Waals surface area contributed by atoms with Crippen molar-refractivity contribution in [1.82, 2.24) is 0 Å². The molecule has 0 saturated heterocycles. The summed E-state index contributed by atoms with van der Waals surface area (Å²) in [6.07, 6.45) is -0.640. The maximum Gasteiger partial charge on any atom is 0.347 e. The minimum Gasteiger partial charge on any atom is -0.477 e. The summed E-state index contributed by atoms with van der Waals surface area (Å²) in [4.78, 5) is 11.6. The van der Waals surface area contributed by atoms with E-state index in [0.717, 1.165) is 5.56 Å². The smallest absolute Gasteiger partial charge is 0.347 e. The maximum atomic E-state index is 11.6. The van der Waals surface area contributed by atoms with Gasteiger partial charge >= 0.3 is 5.97 Å². The minimum absolute atomic E-state index is 0.0130. The molecule has 17 heavy (non-hydrogen) atoms. The zero-order valence-corrected chi connectivity index (χ0v) is 11.2. The van der Waals surface area contributed by atoms with Gasteiger partial charge in [0, 0.05) is 5.92 Å². The van der Waals surface area contributed by atoms with E-state index in [-0.39, 0.29) is 5.92 Å². The number of benzene rings is 1. The van der Waals surface area contributed by atoms with Crippen molar-refractivity contribution in [2.75, 3.05) is 7.11 Å². The van der Waals surface area contributed by atoms with E-state index in [9.17, 15) is 4.79 Å². The number of halogens is 1. The Bertz CT molecular complexity index is 402. The topological polar surface area (TPSA) is 35.5 Å². The zero-order valence-electron chi connectivity index (χ0n) is 10.5. The van der Waals surface area contributed by atoms with Gasteiger partial charge in [-0.05, 0) is 24.6 Å². The van der Waals surface area contributed by atoms with Crippen LogP contribution in [0.3, 0.4) is 0 Å². The lowest BCUT2D eigenvalue weighted by Crippen LogP contribution is -2.33. The summed E-state index contributed by atoms with van der Waals surface area (Å²) in [5, 5.41) is 0.491. The van der Waals surface area contributed by atoms with Gasteiger partial charge in [-0.2, -0.15) is 0 Å². The summed E-state index contributed by atoms with van der Waals surface area (Å²) in [5.74, 6) is 0.132. The number of hydrogen-bond acceptors (Lipinski definition) is 3. The van der Waals surface area contributed by atoms with Crippen LogP contribution in [-0.2, 0) is 9.53 Å². The standard InChI is InChI=1S/C13H17ClO3/c1-8(2)12(13(15)16-4)17-11-7-9(3)5-6-10(11)14/h5-8,12H,1-4H3/t12-/m1/s1. The Morgan fingerprint density at radius 1 is 1.35 bits per heavy atom. The molecule has 0 aliphatic heterocycles. The average Bonchev–Trinajstić information content (AvgIpc) is 2.28. The predicted molar refractivity (Wildman–Crippen MR) is 67.5 cm³/mol. The highest BCUT2D eigenvalue weighted by atomic mass is 35.5.